The van der Waals surface area contributed by atoms with E-state index in [4.69, 9.17) is 13.9 Å². The van der Waals surface area contributed by atoms with E-state index < -0.39 is 0 Å². The van der Waals surface area contributed by atoms with Crippen molar-refractivity contribution in [1.29, 1.82) is 0 Å². The first-order valence-corrected chi connectivity index (χ1v) is 9.30. The summed E-state index contributed by atoms with van der Waals surface area (Å²) < 4.78 is 17.7. The van der Waals surface area contributed by atoms with Crippen LogP contribution in [-0.4, -0.2) is 46.5 Å². The third-order valence-electron chi connectivity index (χ3n) is 4.43. The Morgan fingerprint density at radius 3 is 3.00 bits per heavy atom. The lowest BCUT2D eigenvalue weighted by atomic mass is 10.2. The molecule has 9 heteroatoms. The number of nitrogens with zero attached hydrogens (tertiary/aromatic N) is 3. The molecule has 1 saturated heterocycles. The van der Waals surface area contributed by atoms with Crippen molar-refractivity contribution in [3.8, 4) is 17.3 Å². The van der Waals surface area contributed by atoms with Gasteiger partial charge in [-0.05, 0) is 30.3 Å². The predicted molar refractivity (Wildman–Crippen MR) is 103 cm³/mol. The molecule has 0 aliphatic carbocycles. The molecule has 4 heterocycles. The number of carbonyl (C=O) groups excluding carboxylic acids is 1. The lowest BCUT2D eigenvalue weighted by Gasteiger charge is -2.14. The van der Waals surface area contributed by atoms with Crippen LogP contribution in [0, 0.1) is 0 Å². The highest BCUT2D eigenvalue weighted by molar-refractivity contribution is 5.96. The van der Waals surface area contributed by atoms with Crippen molar-refractivity contribution in [3.05, 3.63) is 64.8 Å². The number of hydrogen-bond acceptors (Lipinski definition) is 7. The van der Waals surface area contributed by atoms with Crippen LogP contribution in [-0.2, 0) is 11.3 Å². The quantitative estimate of drug-likeness (QED) is 0.645. The molecule has 1 N–H and O–H groups in total. The summed E-state index contributed by atoms with van der Waals surface area (Å²) in [6, 6.07) is 9.85. The molecule has 1 aliphatic heterocycles. The third-order valence-corrected chi connectivity index (χ3v) is 4.43. The fraction of sp³-hybridized carbons (Fsp3) is 0.300. The van der Waals surface area contributed by atoms with E-state index in [1.807, 2.05) is 0 Å². The van der Waals surface area contributed by atoms with Gasteiger partial charge in [0.05, 0.1) is 26.0 Å². The van der Waals surface area contributed by atoms with Gasteiger partial charge in [-0.15, -0.1) is 0 Å². The molecule has 0 spiro atoms. The average Bonchev–Trinajstić information content (AvgIpc) is 3.44. The molecule has 1 unspecified atom stereocenters. The van der Waals surface area contributed by atoms with Crippen LogP contribution in [0.3, 0.4) is 0 Å². The number of pyridine rings is 1. The van der Waals surface area contributed by atoms with Gasteiger partial charge in [0.15, 0.2) is 5.76 Å². The zero-order chi connectivity index (χ0) is 20.1. The van der Waals surface area contributed by atoms with Gasteiger partial charge >= 0.3 is 0 Å². The summed E-state index contributed by atoms with van der Waals surface area (Å²) in [5.74, 6) is 0.508. The molecule has 0 aromatic carbocycles. The Bertz CT molecular complexity index is 1030. The number of rotatable bonds is 7. The second kappa shape index (κ2) is 8.70. The summed E-state index contributed by atoms with van der Waals surface area (Å²) in [5.41, 5.74) is 0.618. The standard InChI is InChI=1S/C20H20N4O5/c25-18-6-5-16(17-4-2-11-28-17)23-24(18)10-9-21-19(26)15-3-1-8-22-20(15)29-14-7-12-27-13-14/h1-6,8,11,14H,7,9-10,12-13H2,(H,21,26). The Balaban J connectivity index is 1.39. The highest BCUT2D eigenvalue weighted by Gasteiger charge is 2.21. The van der Waals surface area contributed by atoms with E-state index in [2.05, 4.69) is 15.4 Å². The van der Waals surface area contributed by atoms with E-state index in [-0.39, 0.29) is 36.5 Å². The molecular formula is C20H20N4O5. The first kappa shape index (κ1) is 18.9. The van der Waals surface area contributed by atoms with Gasteiger partial charge in [0.1, 0.15) is 17.4 Å². The highest BCUT2D eigenvalue weighted by atomic mass is 16.5. The minimum absolute atomic E-state index is 0.108. The molecule has 9 nitrogen and oxygen atoms in total. The van der Waals surface area contributed by atoms with Crippen molar-refractivity contribution in [3.63, 3.8) is 0 Å². The number of hydrogen-bond donors (Lipinski definition) is 1. The molecule has 29 heavy (non-hydrogen) atoms. The minimum Gasteiger partial charge on any atom is -0.471 e. The van der Waals surface area contributed by atoms with Crippen LogP contribution >= 0.6 is 0 Å². The Labute approximate surface area is 166 Å². The van der Waals surface area contributed by atoms with Gasteiger partial charge in [0.25, 0.3) is 11.5 Å². The molecule has 3 aromatic heterocycles. The molecule has 150 valence electrons. The first-order chi connectivity index (χ1) is 14.2. The van der Waals surface area contributed by atoms with E-state index >= 15 is 0 Å². The van der Waals surface area contributed by atoms with Crippen LogP contribution in [0.4, 0.5) is 0 Å². The van der Waals surface area contributed by atoms with Gasteiger partial charge in [-0.2, -0.15) is 5.10 Å². The number of amides is 1. The largest absolute Gasteiger partial charge is 0.471 e. The Kier molecular flexibility index (Phi) is 5.66. The summed E-state index contributed by atoms with van der Waals surface area (Å²) in [5, 5.41) is 7.06. The number of furan rings is 1. The van der Waals surface area contributed by atoms with Crippen molar-refractivity contribution >= 4 is 5.91 Å². The van der Waals surface area contributed by atoms with Crippen LogP contribution in [0.25, 0.3) is 11.5 Å². The lowest BCUT2D eigenvalue weighted by molar-refractivity contribution is 0.0938. The monoisotopic (exact) mass is 396 g/mol. The van der Waals surface area contributed by atoms with Crippen LogP contribution in [0.1, 0.15) is 16.8 Å². The number of aromatic nitrogens is 3. The maximum atomic E-state index is 12.6. The van der Waals surface area contributed by atoms with Gasteiger partial charge in [0.2, 0.25) is 5.88 Å². The third kappa shape index (κ3) is 4.52. The van der Waals surface area contributed by atoms with Crippen LogP contribution in [0.5, 0.6) is 5.88 Å². The fourth-order valence-corrected chi connectivity index (χ4v) is 2.96. The Morgan fingerprint density at radius 1 is 1.28 bits per heavy atom. The molecule has 3 aromatic rings. The zero-order valence-corrected chi connectivity index (χ0v) is 15.6. The normalized spacial score (nSPS) is 15.9. The van der Waals surface area contributed by atoms with Crippen molar-refractivity contribution in [2.45, 2.75) is 19.1 Å². The molecule has 1 aliphatic rings. The molecular weight excluding hydrogens is 376 g/mol. The molecule has 1 fully saturated rings. The Hall–Kier alpha value is -3.46. The summed E-state index contributed by atoms with van der Waals surface area (Å²) in [6.45, 7) is 1.55. The zero-order valence-electron chi connectivity index (χ0n) is 15.6. The number of carbonyl (C=O) groups is 1. The van der Waals surface area contributed by atoms with Crippen molar-refractivity contribution in [1.82, 2.24) is 20.1 Å². The molecule has 0 radical (unpaired) electrons. The Morgan fingerprint density at radius 2 is 2.21 bits per heavy atom. The summed E-state index contributed by atoms with van der Waals surface area (Å²) >= 11 is 0. The van der Waals surface area contributed by atoms with E-state index in [1.165, 1.54) is 17.0 Å². The molecule has 0 bridgehead atoms. The van der Waals surface area contributed by atoms with E-state index in [0.717, 1.165) is 6.42 Å². The van der Waals surface area contributed by atoms with E-state index in [9.17, 15) is 9.59 Å². The average molecular weight is 396 g/mol. The van der Waals surface area contributed by atoms with Crippen molar-refractivity contribution < 1.29 is 18.7 Å². The lowest BCUT2D eigenvalue weighted by Crippen LogP contribution is -2.32. The second-order valence-corrected chi connectivity index (χ2v) is 6.47. The fourth-order valence-electron chi connectivity index (χ4n) is 2.96. The van der Waals surface area contributed by atoms with E-state index in [1.54, 1.807) is 36.5 Å². The molecule has 1 atom stereocenters. The first-order valence-electron chi connectivity index (χ1n) is 9.30. The van der Waals surface area contributed by atoms with Crippen molar-refractivity contribution in [2.24, 2.45) is 0 Å². The maximum Gasteiger partial charge on any atom is 0.266 e. The predicted octanol–water partition coefficient (Wildman–Crippen LogP) is 1.50. The van der Waals surface area contributed by atoms with E-state index in [0.29, 0.717) is 30.2 Å². The summed E-state index contributed by atoms with van der Waals surface area (Å²) in [6.07, 6.45) is 3.77. The maximum absolute atomic E-state index is 12.6. The smallest absolute Gasteiger partial charge is 0.266 e. The summed E-state index contributed by atoms with van der Waals surface area (Å²) in [4.78, 5) is 28.8. The SMILES string of the molecule is O=C(NCCn1nc(-c2ccco2)ccc1=O)c1cccnc1OC1CCOC1. The molecule has 4 rings (SSSR count). The highest BCUT2D eigenvalue weighted by Crippen LogP contribution is 2.19. The number of ether oxygens (including phenoxy) is 2. The van der Waals surface area contributed by atoms with Crippen LogP contribution in [0.2, 0.25) is 0 Å². The molecule has 0 saturated carbocycles. The van der Waals surface area contributed by atoms with Gasteiger partial charge in [-0.25, -0.2) is 9.67 Å². The number of nitrogens with one attached hydrogen (secondary N) is 1. The minimum atomic E-state index is -0.331. The van der Waals surface area contributed by atoms with Crippen LogP contribution in [0.15, 0.2) is 58.1 Å². The topological polar surface area (TPSA) is 108 Å². The van der Waals surface area contributed by atoms with Gasteiger partial charge in [0, 0.05) is 25.2 Å². The molecule has 1 amide bonds. The summed E-state index contributed by atoms with van der Waals surface area (Å²) in [7, 11) is 0. The van der Waals surface area contributed by atoms with Gasteiger partial charge < -0.3 is 19.2 Å². The van der Waals surface area contributed by atoms with Gasteiger partial charge in [-0.1, -0.05) is 0 Å². The van der Waals surface area contributed by atoms with Crippen LogP contribution < -0.4 is 15.6 Å². The van der Waals surface area contributed by atoms with Gasteiger partial charge in [-0.3, -0.25) is 9.59 Å². The van der Waals surface area contributed by atoms with Crippen molar-refractivity contribution in [2.75, 3.05) is 19.8 Å². The second-order valence-electron chi connectivity index (χ2n) is 6.47.